The first-order valence-electron chi connectivity index (χ1n) is 8.09. The van der Waals surface area contributed by atoms with Crippen molar-refractivity contribution in [2.24, 2.45) is 0 Å². The molecule has 1 aromatic carbocycles. The van der Waals surface area contributed by atoms with E-state index in [1.807, 2.05) is 55.5 Å². The van der Waals surface area contributed by atoms with E-state index in [0.29, 0.717) is 5.75 Å². The van der Waals surface area contributed by atoms with E-state index >= 15 is 0 Å². The number of nitrogens with zero attached hydrogens (tertiary/aromatic N) is 2. The Bertz CT molecular complexity index is 805. The summed E-state index contributed by atoms with van der Waals surface area (Å²) in [7, 11) is 0. The Morgan fingerprint density at radius 2 is 1.96 bits per heavy atom. The number of thioether (sulfide) groups is 1. The average Bonchev–Trinajstić information content (AvgIpc) is 3.14. The Morgan fingerprint density at radius 1 is 1.16 bits per heavy atom. The summed E-state index contributed by atoms with van der Waals surface area (Å²) in [4.78, 5) is 24.0. The minimum Gasteiger partial charge on any atom is -0.346 e. The van der Waals surface area contributed by atoms with Crippen LogP contribution in [0.3, 0.4) is 0 Å². The molecular formula is C19H20N4OS. The van der Waals surface area contributed by atoms with Gasteiger partial charge in [0.25, 0.3) is 0 Å². The number of nitrogens with one attached hydrogen (secondary N) is 2. The van der Waals surface area contributed by atoms with Gasteiger partial charge in [0.15, 0.2) is 0 Å². The molecule has 2 N–H and O–H groups in total. The van der Waals surface area contributed by atoms with Crippen LogP contribution in [0.1, 0.15) is 24.5 Å². The number of rotatable bonds is 7. The number of amides is 1. The van der Waals surface area contributed by atoms with Gasteiger partial charge in [0.1, 0.15) is 5.82 Å². The van der Waals surface area contributed by atoms with Crippen molar-refractivity contribution in [3.63, 3.8) is 0 Å². The topological polar surface area (TPSA) is 70.7 Å². The lowest BCUT2D eigenvalue weighted by molar-refractivity contribution is -0.119. The molecule has 0 radical (unpaired) electrons. The van der Waals surface area contributed by atoms with E-state index < -0.39 is 0 Å². The number of H-pyrrole nitrogens is 1. The largest absolute Gasteiger partial charge is 0.346 e. The lowest BCUT2D eigenvalue weighted by Crippen LogP contribution is -2.28. The summed E-state index contributed by atoms with van der Waals surface area (Å²) < 4.78 is 0. The first-order valence-corrected chi connectivity index (χ1v) is 9.25. The third-order valence-corrected chi connectivity index (χ3v) is 4.64. The highest BCUT2D eigenvalue weighted by Crippen LogP contribution is 2.19. The van der Waals surface area contributed by atoms with E-state index in [4.69, 9.17) is 0 Å². The Morgan fingerprint density at radius 3 is 2.72 bits per heavy atom. The molecule has 25 heavy (non-hydrogen) atoms. The zero-order valence-electron chi connectivity index (χ0n) is 14.0. The van der Waals surface area contributed by atoms with Crippen molar-refractivity contribution in [1.29, 1.82) is 0 Å². The van der Waals surface area contributed by atoms with Gasteiger partial charge in [-0.3, -0.25) is 9.78 Å². The van der Waals surface area contributed by atoms with Crippen molar-refractivity contribution in [2.75, 3.05) is 5.75 Å². The molecule has 3 rings (SSSR count). The zero-order valence-corrected chi connectivity index (χ0v) is 14.8. The summed E-state index contributed by atoms with van der Waals surface area (Å²) in [5.41, 5.74) is 3.00. The van der Waals surface area contributed by atoms with Crippen molar-refractivity contribution in [1.82, 2.24) is 20.3 Å². The molecule has 2 heterocycles. The molecule has 6 heteroatoms. The van der Waals surface area contributed by atoms with E-state index in [1.54, 1.807) is 24.2 Å². The van der Waals surface area contributed by atoms with Crippen molar-refractivity contribution in [3.8, 4) is 11.3 Å². The Balaban J connectivity index is 1.49. The van der Waals surface area contributed by atoms with Crippen LogP contribution in [0.4, 0.5) is 0 Å². The molecule has 3 aromatic rings. The number of aromatic amines is 1. The van der Waals surface area contributed by atoms with Gasteiger partial charge in [0.2, 0.25) is 5.91 Å². The van der Waals surface area contributed by atoms with Gasteiger partial charge in [-0.15, -0.1) is 11.8 Å². The van der Waals surface area contributed by atoms with Crippen LogP contribution in [0.2, 0.25) is 0 Å². The normalized spacial score (nSPS) is 11.9. The molecule has 1 atom stereocenters. The molecule has 0 saturated heterocycles. The monoisotopic (exact) mass is 352 g/mol. The molecular weight excluding hydrogens is 332 g/mol. The number of aromatic nitrogens is 3. The Kier molecular flexibility index (Phi) is 5.85. The van der Waals surface area contributed by atoms with Crippen LogP contribution < -0.4 is 5.32 Å². The number of carbonyl (C=O) groups excluding carboxylic acids is 1. The SMILES string of the molecule is C[C@H](NC(=O)CSCc1ccccn1)c1ncc(-c2ccccc2)[nH]1. The van der Waals surface area contributed by atoms with Gasteiger partial charge < -0.3 is 10.3 Å². The number of pyridine rings is 1. The van der Waals surface area contributed by atoms with E-state index in [9.17, 15) is 4.79 Å². The lowest BCUT2D eigenvalue weighted by Gasteiger charge is -2.11. The molecule has 0 aliphatic rings. The molecule has 0 saturated carbocycles. The lowest BCUT2D eigenvalue weighted by atomic mass is 10.2. The van der Waals surface area contributed by atoms with Crippen LogP contribution in [-0.4, -0.2) is 26.6 Å². The second-order valence-corrected chi connectivity index (χ2v) is 6.64. The molecule has 128 valence electrons. The smallest absolute Gasteiger partial charge is 0.230 e. The van der Waals surface area contributed by atoms with Gasteiger partial charge in [-0.1, -0.05) is 36.4 Å². The van der Waals surface area contributed by atoms with Crippen LogP contribution in [-0.2, 0) is 10.5 Å². The van der Waals surface area contributed by atoms with E-state index in [-0.39, 0.29) is 11.9 Å². The zero-order chi connectivity index (χ0) is 17.5. The molecule has 2 aromatic heterocycles. The highest BCUT2D eigenvalue weighted by atomic mass is 32.2. The van der Waals surface area contributed by atoms with Gasteiger partial charge in [-0.2, -0.15) is 0 Å². The maximum Gasteiger partial charge on any atom is 0.230 e. The predicted molar refractivity (Wildman–Crippen MR) is 101 cm³/mol. The number of hydrogen-bond donors (Lipinski definition) is 2. The van der Waals surface area contributed by atoms with Gasteiger partial charge in [0.05, 0.1) is 29.4 Å². The van der Waals surface area contributed by atoms with Gasteiger partial charge >= 0.3 is 0 Å². The molecule has 0 aliphatic carbocycles. The van der Waals surface area contributed by atoms with E-state index in [0.717, 1.165) is 28.5 Å². The Hall–Kier alpha value is -2.60. The summed E-state index contributed by atoms with van der Waals surface area (Å²) in [5, 5.41) is 2.97. The number of hydrogen-bond acceptors (Lipinski definition) is 4. The number of benzene rings is 1. The van der Waals surface area contributed by atoms with E-state index in [1.165, 1.54) is 0 Å². The second-order valence-electron chi connectivity index (χ2n) is 5.65. The van der Waals surface area contributed by atoms with Gasteiger partial charge in [0, 0.05) is 11.9 Å². The average molecular weight is 352 g/mol. The first-order chi connectivity index (χ1) is 12.2. The molecule has 1 amide bonds. The number of carbonyl (C=O) groups is 1. The van der Waals surface area contributed by atoms with Crippen molar-refractivity contribution < 1.29 is 4.79 Å². The summed E-state index contributed by atoms with van der Waals surface area (Å²) >= 11 is 1.55. The third kappa shape index (κ3) is 4.93. The summed E-state index contributed by atoms with van der Waals surface area (Å²) in [6, 6.07) is 15.6. The van der Waals surface area contributed by atoms with Crippen molar-refractivity contribution in [3.05, 3.63) is 72.4 Å². The minimum absolute atomic E-state index is 0.00825. The summed E-state index contributed by atoms with van der Waals surface area (Å²) in [6.45, 7) is 1.93. The highest BCUT2D eigenvalue weighted by molar-refractivity contribution is 7.99. The van der Waals surface area contributed by atoms with Crippen molar-refractivity contribution >= 4 is 17.7 Å². The summed E-state index contributed by atoms with van der Waals surface area (Å²) in [5.74, 6) is 1.86. The fraction of sp³-hybridized carbons (Fsp3) is 0.211. The molecule has 0 unspecified atom stereocenters. The molecule has 0 aliphatic heterocycles. The predicted octanol–water partition coefficient (Wildman–Crippen LogP) is 3.58. The van der Waals surface area contributed by atoms with Crippen LogP contribution >= 0.6 is 11.8 Å². The quantitative estimate of drug-likeness (QED) is 0.682. The Labute approximate surface area is 151 Å². The minimum atomic E-state index is -0.166. The number of imidazole rings is 1. The molecule has 0 spiro atoms. The summed E-state index contributed by atoms with van der Waals surface area (Å²) in [6.07, 6.45) is 3.56. The fourth-order valence-corrected chi connectivity index (χ4v) is 3.16. The van der Waals surface area contributed by atoms with Crippen LogP contribution in [0.15, 0.2) is 60.9 Å². The molecule has 5 nitrogen and oxygen atoms in total. The van der Waals surface area contributed by atoms with Crippen LogP contribution in [0, 0.1) is 0 Å². The third-order valence-electron chi connectivity index (χ3n) is 3.68. The standard InChI is InChI=1S/C19H20N4OS/c1-14(19-21-11-17(23-19)15-7-3-2-4-8-15)22-18(24)13-25-12-16-9-5-6-10-20-16/h2-11,14H,12-13H2,1H3,(H,21,23)(H,22,24)/t14-/m0/s1. The van der Waals surface area contributed by atoms with Crippen LogP contribution in [0.25, 0.3) is 11.3 Å². The first kappa shape index (κ1) is 17.2. The second kappa shape index (κ2) is 8.48. The maximum atomic E-state index is 12.1. The van der Waals surface area contributed by atoms with E-state index in [2.05, 4.69) is 20.3 Å². The van der Waals surface area contributed by atoms with Crippen molar-refractivity contribution in [2.45, 2.75) is 18.7 Å². The van der Waals surface area contributed by atoms with Crippen LogP contribution in [0.5, 0.6) is 0 Å². The van der Waals surface area contributed by atoms with Gasteiger partial charge in [-0.25, -0.2) is 4.98 Å². The fourth-order valence-electron chi connectivity index (χ4n) is 2.40. The molecule has 0 bridgehead atoms. The van der Waals surface area contributed by atoms with Gasteiger partial charge in [-0.05, 0) is 24.6 Å². The maximum absolute atomic E-state index is 12.1. The highest BCUT2D eigenvalue weighted by Gasteiger charge is 2.13. The molecule has 0 fully saturated rings.